The molecule has 138 valence electrons. The second kappa shape index (κ2) is 8.30. The lowest BCUT2D eigenvalue weighted by Crippen LogP contribution is -2.51. The molecule has 1 heterocycles. The molecule has 1 fully saturated rings. The van der Waals surface area contributed by atoms with Crippen LogP contribution in [0, 0.1) is 0 Å². The highest BCUT2D eigenvalue weighted by Crippen LogP contribution is 2.20. The molecule has 1 amide bonds. The smallest absolute Gasteiger partial charge is 0.341 e. The van der Waals surface area contributed by atoms with Gasteiger partial charge in [-0.15, -0.1) is 0 Å². The number of nitrogens with one attached hydrogen (secondary N) is 1. The highest BCUT2D eigenvalue weighted by Gasteiger charge is 2.34. The maximum absolute atomic E-state index is 12.4. The second-order valence-corrected chi connectivity index (χ2v) is 7.87. The molecular weight excluding hydrogens is 348 g/mol. The SMILES string of the molecule is CS(=O)(=O)N1CCCC[C@@H]1C(=O)NCc1cccc(OCC(=O)O)c1. The summed E-state index contributed by atoms with van der Waals surface area (Å²) in [6, 6.07) is 6.04. The lowest BCUT2D eigenvalue weighted by atomic mass is 10.0. The molecule has 9 heteroatoms. The van der Waals surface area contributed by atoms with Crippen molar-refractivity contribution in [2.45, 2.75) is 31.8 Å². The van der Waals surface area contributed by atoms with Crippen molar-refractivity contribution in [2.75, 3.05) is 19.4 Å². The van der Waals surface area contributed by atoms with Crippen LogP contribution < -0.4 is 10.1 Å². The number of nitrogens with zero attached hydrogens (tertiary/aromatic N) is 1. The molecule has 1 aromatic carbocycles. The molecule has 8 nitrogen and oxygen atoms in total. The summed E-state index contributed by atoms with van der Waals surface area (Å²) in [6.07, 6.45) is 3.17. The summed E-state index contributed by atoms with van der Waals surface area (Å²) in [7, 11) is -3.43. The van der Waals surface area contributed by atoms with Crippen molar-refractivity contribution in [3.8, 4) is 5.75 Å². The van der Waals surface area contributed by atoms with Gasteiger partial charge in [-0.1, -0.05) is 18.6 Å². The highest BCUT2D eigenvalue weighted by atomic mass is 32.2. The Hall–Kier alpha value is -2.13. The number of hydrogen-bond donors (Lipinski definition) is 2. The molecule has 1 aliphatic rings. The number of benzene rings is 1. The van der Waals surface area contributed by atoms with Gasteiger partial charge in [0.05, 0.1) is 6.26 Å². The minimum Gasteiger partial charge on any atom is -0.482 e. The van der Waals surface area contributed by atoms with E-state index in [0.717, 1.165) is 24.7 Å². The van der Waals surface area contributed by atoms with Gasteiger partial charge in [-0.25, -0.2) is 13.2 Å². The first-order valence-electron chi connectivity index (χ1n) is 7.95. The Kier molecular flexibility index (Phi) is 6.38. The van der Waals surface area contributed by atoms with Crippen LogP contribution in [-0.4, -0.2) is 55.2 Å². The van der Waals surface area contributed by atoms with E-state index in [4.69, 9.17) is 9.84 Å². The van der Waals surface area contributed by atoms with Gasteiger partial charge in [0.1, 0.15) is 11.8 Å². The van der Waals surface area contributed by atoms with Gasteiger partial charge in [-0.3, -0.25) is 4.79 Å². The van der Waals surface area contributed by atoms with E-state index in [1.807, 2.05) is 0 Å². The summed E-state index contributed by atoms with van der Waals surface area (Å²) in [5.41, 5.74) is 0.734. The van der Waals surface area contributed by atoms with Crippen LogP contribution in [0.4, 0.5) is 0 Å². The van der Waals surface area contributed by atoms with Gasteiger partial charge in [-0.05, 0) is 30.5 Å². The Labute approximate surface area is 146 Å². The summed E-state index contributed by atoms with van der Waals surface area (Å²) in [6.45, 7) is 0.119. The third-order valence-corrected chi connectivity index (χ3v) is 5.20. The fourth-order valence-corrected chi connectivity index (χ4v) is 3.89. The molecule has 1 aliphatic heterocycles. The Morgan fingerprint density at radius 3 is 2.80 bits per heavy atom. The predicted molar refractivity (Wildman–Crippen MR) is 90.6 cm³/mol. The first kappa shape index (κ1) is 19.2. The molecule has 0 radical (unpaired) electrons. The van der Waals surface area contributed by atoms with Crippen LogP contribution in [0.15, 0.2) is 24.3 Å². The fourth-order valence-electron chi connectivity index (χ4n) is 2.76. The number of piperidine rings is 1. The molecule has 1 saturated heterocycles. The van der Waals surface area contributed by atoms with Crippen molar-refractivity contribution in [1.82, 2.24) is 9.62 Å². The number of carboxylic acid groups (broad SMARTS) is 1. The lowest BCUT2D eigenvalue weighted by molar-refractivity contribution is -0.139. The van der Waals surface area contributed by atoms with Gasteiger partial charge in [0.15, 0.2) is 6.61 Å². The van der Waals surface area contributed by atoms with E-state index in [-0.39, 0.29) is 12.5 Å². The Morgan fingerprint density at radius 1 is 1.36 bits per heavy atom. The van der Waals surface area contributed by atoms with Gasteiger partial charge in [0.25, 0.3) is 0 Å². The first-order chi connectivity index (χ1) is 11.8. The van der Waals surface area contributed by atoms with E-state index in [9.17, 15) is 18.0 Å². The Balaban J connectivity index is 1.97. The number of rotatable bonds is 7. The van der Waals surface area contributed by atoms with Crippen molar-refractivity contribution in [3.05, 3.63) is 29.8 Å². The normalized spacial score (nSPS) is 18.5. The molecule has 0 spiro atoms. The summed E-state index contributed by atoms with van der Waals surface area (Å²) in [5, 5.41) is 11.4. The molecule has 2 N–H and O–H groups in total. The molecule has 2 rings (SSSR count). The van der Waals surface area contributed by atoms with E-state index in [2.05, 4.69) is 5.32 Å². The highest BCUT2D eigenvalue weighted by molar-refractivity contribution is 7.88. The van der Waals surface area contributed by atoms with Gasteiger partial charge >= 0.3 is 5.97 Å². The number of sulfonamides is 1. The zero-order valence-electron chi connectivity index (χ0n) is 14.0. The average Bonchev–Trinajstić information content (AvgIpc) is 2.57. The standard InChI is InChI=1S/C16H22N2O6S/c1-25(22,23)18-8-3-2-7-14(18)16(21)17-10-12-5-4-6-13(9-12)24-11-15(19)20/h4-6,9,14H,2-3,7-8,10-11H2,1H3,(H,17,21)(H,19,20)/t14-/m1/s1. The van der Waals surface area contributed by atoms with Crippen LogP contribution in [-0.2, 0) is 26.2 Å². The molecule has 1 aromatic rings. The van der Waals surface area contributed by atoms with Crippen LogP contribution >= 0.6 is 0 Å². The molecule has 0 aliphatic carbocycles. The van der Waals surface area contributed by atoms with Crippen LogP contribution in [0.2, 0.25) is 0 Å². The summed E-state index contributed by atoms with van der Waals surface area (Å²) < 4.78 is 30.0. The third kappa shape index (κ3) is 5.71. The molecule has 25 heavy (non-hydrogen) atoms. The first-order valence-corrected chi connectivity index (χ1v) is 9.80. The van der Waals surface area contributed by atoms with E-state index < -0.39 is 28.6 Å². The minimum atomic E-state index is -3.43. The molecule has 0 unspecified atom stereocenters. The van der Waals surface area contributed by atoms with Gasteiger partial charge in [-0.2, -0.15) is 4.31 Å². The second-order valence-electron chi connectivity index (χ2n) is 5.93. The number of amides is 1. The number of hydrogen-bond acceptors (Lipinski definition) is 5. The van der Waals surface area contributed by atoms with Crippen molar-refractivity contribution in [2.24, 2.45) is 0 Å². The average molecular weight is 370 g/mol. The Morgan fingerprint density at radius 2 is 2.12 bits per heavy atom. The van der Waals surface area contributed by atoms with Crippen molar-refractivity contribution < 1.29 is 27.9 Å². The maximum atomic E-state index is 12.4. The van der Waals surface area contributed by atoms with E-state index in [1.54, 1.807) is 24.3 Å². The predicted octanol–water partition coefficient (Wildman–Crippen LogP) is 0.580. The number of carbonyl (C=O) groups is 2. The number of carbonyl (C=O) groups excluding carboxylic acids is 1. The zero-order chi connectivity index (χ0) is 18.4. The van der Waals surface area contributed by atoms with Gasteiger partial charge in [0, 0.05) is 13.1 Å². The molecule has 0 saturated carbocycles. The summed E-state index contributed by atoms with van der Waals surface area (Å²) in [5.74, 6) is -1.01. The molecule has 0 bridgehead atoms. The quantitative estimate of drug-likeness (QED) is 0.726. The third-order valence-electron chi connectivity index (χ3n) is 3.91. The summed E-state index contributed by atoms with van der Waals surface area (Å²) in [4.78, 5) is 22.9. The Bertz CT molecular complexity index is 734. The summed E-state index contributed by atoms with van der Waals surface area (Å²) >= 11 is 0. The van der Waals surface area contributed by atoms with E-state index in [1.165, 1.54) is 4.31 Å². The molecule has 1 atom stereocenters. The number of carboxylic acids is 1. The van der Waals surface area contributed by atoms with Crippen LogP contribution in [0.5, 0.6) is 5.75 Å². The van der Waals surface area contributed by atoms with Crippen LogP contribution in [0.25, 0.3) is 0 Å². The lowest BCUT2D eigenvalue weighted by Gasteiger charge is -2.32. The molecular formula is C16H22N2O6S. The van der Waals surface area contributed by atoms with Crippen molar-refractivity contribution >= 4 is 21.9 Å². The van der Waals surface area contributed by atoms with Crippen LogP contribution in [0.3, 0.4) is 0 Å². The number of aliphatic carboxylic acids is 1. The minimum absolute atomic E-state index is 0.206. The zero-order valence-corrected chi connectivity index (χ0v) is 14.8. The maximum Gasteiger partial charge on any atom is 0.341 e. The number of ether oxygens (including phenoxy) is 1. The van der Waals surface area contributed by atoms with E-state index in [0.29, 0.717) is 18.7 Å². The largest absolute Gasteiger partial charge is 0.482 e. The van der Waals surface area contributed by atoms with Crippen molar-refractivity contribution in [1.29, 1.82) is 0 Å². The van der Waals surface area contributed by atoms with Gasteiger partial charge < -0.3 is 15.2 Å². The fraction of sp³-hybridized carbons (Fsp3) is 0.500. The molecule has 0 aromatic heterocycles. The topological polar surface area (TPSA) is 113 Å². The van der Waals surface area contributed by atoms with Crippen molar-refractivity contribution in [3.63, 3.8) is 0 Å². The monoisotopic (exact) mass is 370 g/mol. The van der Waals surface area contributed by atoms with Crippen LogP contribution in [0.1, 0.15) is 24.8 Å². The van der Waals surface area contributed by atoms with E-state index >= 15 is 0 Å². The van der Waals surface area contributed by atoms with Gasteiger partial charge in [0.2, 0.25) is 15.9 Å².